The number of ether oxygens (including phenoxy) is 1. The van der Waals surface area contributed by atoms with Crippen molar-refractivity contribution in [1.29, 1.82) is 0 Å². The predicted molar refractivity (Wildman–Crippen MR) is 129 cm³/mol. The molecule has 0 unspecified atom stereocenters. The van der Waals surface area contributed by atoms with E-state index in [0.29, 0.717) is 23.0 Å². The number of nitrogens with zero attached hydrogens (tertiary/aromatic N) is 5. The lowest BCUT2D eigenvalue weighted by Crippen LogP contribution is -2.36. The van der Waals surface area contributed by atoms with Crippen LogP contribution in [-0.4, -0.2) is 57.3 Å². The Morgan fingerprint density at radius 2 is 1.88 bits per heavy atom. The van der Waals surface area contributed by atoms with E-state index in [4.69, 9.17) is 14.7 Å². The molecule has 5 rings (SSSR count). The number of carbonyl (C=O) groups is 1. The van der Waals surface area contributed by atoms with Gasteiger partial charge in [0.2, 0.25) is 5.01 Å². The number of hydrogen-bond donors (Lipinski definition) is 1. The number of fused-ring (bicyclic) bond motifs is 1. The molecule has 2 aromatic heterocycles. The smallest absolute Gasteiger partial charge is 0.286 e. The molecule has 0 aliphatic carbocycles. The highest BCUT2D eigenvalue weighted by Crippen LogP contribution is 2.29. The van der Waals surface area contributed by atoms with Crippen LogP contribution in [0.3, 0.4) is 0 Å². The Morgan fingerprint density at radius 1 is 1.09 bits per heavy atom. The van der Waals surface area contributed by atoms with Crippen LogP contribution in [0.25, 0.3) is 10.9 Å². The van der Waals surface area contributed by atoms with Gasteiger partial charge in [0.05, 0.1) is 31.0 Å². The van der Waals surface area contributed by atoms with E-state index in [-0.39, 0.29) is 16.7 Å². The van der Waals surface area contributed by atoms with E-state index in [1.165, 1.54) is 35.6 Å². The Labute approximate surface area is 203 Å². The maximum absolute atomic E-state index is 13.1. The molecule has 0 atom stereocenters. The van der Waals surface area contributed by atoms with Gasteiger partial charge in [-0.25, -0.2) is 14.4 Å². The van der Waals surface area contributed by atoms with E-state index in [1.54, 1.807) is 11.8 Å². The Hall–Kier alpha value is -2.99. The first-order valence-electron chi connectivity index (χ1n) is 10.7. The summed E-state index contributed by atoms with van der Waals surface area (Å²) in [4.78, 5) is 24.3. The zero-order valence-electron chi connectivity index (χ0n) is 18.1. The summed E-state index contributed by atoms with van der Waals surface area (Å²) in [7, 11) is 0. The molecular formula is C23H21FN6O2S2. The molecule has 1 fully saturated rings. The maximum atomic E-state index is 13.1. The molecule has 0 radical (unpaired) electrons. The summed E-state index contributed by atoms with van der Waals surface area (Å²) in [6.07, 6.45) is 0. The van der Waals surface area contributed by atoms with Crippen LogP contribution < -0.4 is 5.32 Å². The molecule has 0 spiro atoms. The second-order valence-corrected chi connectivity index (χ2v) is 9.63. The molecule has 4 aromatic rings. The van der Waals surface area contributed by atoms with Crippen molar-refractivity contribution in [2.75, 3.05) is 31.6 Å². The lowest BCUT2D eigenvalue weighted by molar-refractivity contribution is 0.0330. The van der Waals surface area contributed by atoms with Crippen molar-refractivity contribution in [3.63, 3.8) is 0 Å². The SMILES string of the molecule is O=C(Nc1ccc(F)cc1)c1nnc(CSc2nc(CN3CCOCC3)nc3ccccc23)s1. The first-order chi connectivity index (χ1) is 16.6. The number of morpholine rings is 1. The zero-order valence-corrected chi connectivity index (χ0v) is 19.7. The van der Waals surface area contributed by atoms with Crippen LogP contribution in [0.4, 0.5) is 10.1 Å². The fraction of sp³-hybridized carbons (Fsp3) is 0.261. The highest BCUT2D eigenvalue weighted by Gasteiger charge is 2.17. The van der Waals surface area contributed by atoms with Gasteiger partial charge in [0.1, 0.15) is 21.7 Å². The summed E-state index contributed by atoms with van der Waals surface area (Å²) >= 11 is 2.78. The molecule has 2 aromatic carbocycles. The van der Waals surface area contributed by atoms with Crippen molar-refractivity contribution in [2.45, 2.75) is 17.3 Å². The number of aromatic nitrogens is 4. The van der Waals surface area contributed by atoms with Crippen LogP contribution >= 0.6 is 23.1 Å². The quantitative estimate of drug-likeness (QED) is 0.303. The van der Waals surface area contributed by atoms with E-state index in [2.05, 4.69) is 20.4 Å². The largest absolute Gasteiger partial charge is 0.379 e. The molecule has 34 heavy (non-hydrogen) atoms. The second-order valence-electron chi connectivity index (χ2n) is 7.60. The molecular weight excluding hydrogens is 475 g/mol. The van der Waals surface area contributed by atoms with Crippen LogP contribution in [0.5, 0.6) is 0 Å². The number of rotatable bonds is 7. The first-order valence-corrected chi connectivity index (χ1v) is 12.5. The van der Waals surface area contributed by atoms with Crippen LogP contribution in [0, 0.1) is 5.82 Å². The minimum Gasteiger partial charge on any atom is -0.379 e. The molecule has 1 N–H and O–H groups in total. The molecule has 174 valence electrons. The van der Waals surface area contributed by atoms with Crippen LogP contribution in [0.2, 0.25) is 0 Å². The number of hydrogen-bond acceptors (Lipinski definition) is 9. The number of carbonyl (C=O) groups excluding carboxylic acids is 1. The molecule has 1 saturated heterocycles. The van der Waals surface area contributed by atoms with Gasteiger partial charge in [-0.15, -0.1) is 10.2 Å². The molecule has 0 saturated carbocycles. The summed E-state index contributed by atoms with van der Waals surface area (Å²) in [5.41, 5.74) is 1.40. The fourth-order valence-electron chi connectivity index (χ4n) is 3.49. The minimum absolute atomic E-state index is 0.250. The number of para-hydroxylation sites is 1. The molecule has 1 amide bonds. The van der Waals surface area contributed by atoms with Crippen molar-refractivity contribution in [3.8, 4) is 0 Å². The van der Waals surface area contributed by atoms with Gasteiger partial charge in [-0.1, -0.05) is 41.3 Å². The van der Waals surface area contributed by atoms with Crippen molar-refractivity contribution in [2.24, 2.45) is 0 Å². The lowest BCUT2D eigenvalue weighted by atomic mass is 10.2. The summed E-state index contributed by atoms with van der Waals surface area (Å²) in [5.74, 6) is 0.568. The summed E-state index contributed by atoms with van der Waals surface area (Å²) in [6.45, 7) is 3.86. The number of anilines is 1. The Bertz CT molecular complexity index is 1290. The number of benzene rings is 2. The Morgan fingerprint density at radius 3 is 2.71 bits per heavy atom. The highest BCUT2D eigenvalue weighted by molar-refractivity contribution is 7.98. The molecule has 1 aliphatic rings. The van der Waals surface area contributed by atoms with E-state index in [0.717, 1.165) is 48.1 Å². The van der Waals surface area contributed by atoms with Gasteiger partial charge in [0.15, 0.2) is 0 Å². The van der Waals surface area contributed by atoms with E-state index in [1.807, 2.05) is 24.3 Å². The normalized spacial score (nSPS) is 14.4. The highest BCUT2D eigenvalue weighted by atomic mass is 32.2. The second kappa shape index (κ2) is 10.5. The fourth-order valence-corrected chi connectivity index (χ4v) is 5.24. The van der Waals surface area contributed by atoms with Gasteiger partial charge in [-0.3, -0.25) is 9.69 Å². The molecule has 1 aliphatic heterocycles. The average molecular weight is 497 g/mol. The van der Waals surface area contributed by atoms with Gasteiger partial charge in [0.25, 0.3) is 5.91 Å². The standard InChI is InChI=1S/C23H21FN6O2S2/c24-15-5-7-16(8-6-15)25-21(31)23-29-28-20(34-23)14-33-22-17-3-1-2-4-18(17)26-19(27-22)13-30-9-11-32-12-10-30/h1-8H,9-14H2,(H,25,31). The number of amides is 1. The van der Waals surface area contributed by atoms with Crippen LogP contribution in [0.15, 0.2) is 53.6 Å². The van der Waals surface area contributed by atoms with Gasteiger partial charge < -0.3 is 10.1 Å². The third-order valence-corrected chi connectivity index (χ3v) is 7.29. The van der Waals surface area contributed by atoms with Gasteiger partial charge in [0, 0.05) is 24.2 Å². The lowest BCUT2D eigenvalue weighted by Gasteiger charge is -2.25. The van der Waals surface area contributed by atoms with Gasteiger partial charge in [-0.05, 0) is 30.3 Å². The van der Waals surface area contributed by atoms with Crippen molar-refractivity contribution >= 4 is 45.6 Å². The molecule has 0 bridgehead atoms. The predicted octanol–water partition coefficient (Wildman–Crippen LogP) is 4.00. The van der Waals surface area contributed by atoms with E-state index < -0.39 is 0 Å². The Kier molecular flexibility index (Phi) is 7.05. The van der Waals surface area contributed by atoms with Crippen LogP contribution in [0.1, 0.15) is 20.6 Å². The zero-order chi connectivity index (χ0) is 23.3. The minimum atomic E-state index is -0.374. The van der Waals surface area contributed by atoms with Crippen LogP contribution in [-0.2, 0) is 17.0 Å². The van der Waals surface area contributed by atoms with Crippen molar-refractivity contribution in [3.05, 3.63) is 70.2 Å². The monoisotopic (exact) mass is 496 g/mol. The van der Waals surface area contributed by atoms with Gasteiger partial charge >= 0.3 is 0 Å². The van der Waals surface area contributed by atoms with E-state index >= 15 is 0 Å². The summed E-state index contributed by atoms with van der Waals surface area (Å²) in [5, 5.41) is 13.7. The first kappa shape index (κ1) is 22.8. The third kappa shape index (κ3) is 5.55. The molecule has 11 heteroatoms. The number of nitrogens with one attached hydrogen (secondary N) is 1. The average Bonchev–Trinajstić information content (AvgIpc) is 3.34. The number of thioether (sulfide) groups is 1. The summed E-state index contributed by atoms with van der Waals surface area (Å²) in [6, 6.07) is 13.5. The number of halogens is 1. The van der Waals surface area contributed by atoms with Gasteiger partial charge in [-0.2, -0.15) is 0 Å². The molecule has 3 heterocycles. The Balaban J connectivity index is 1.28. The maximum Gasteiger partial charge on any atom is 0.286 e. The van der Waals surface area contributed by atoms with Crippen molar-refractivity contribution in [1.82, 2.24) is 25.1 Å². The molecule has 8 nitrogen and oxygen atoms in total. The van der Waals surface area contributed by atoms with E-state index in [9.17, 15) is 9.18 Å². The van der Waals surface area contributed by atoms with Crippen molar-refractivity contribution < 1.29 is 13.9 Å². The topological polar surface area (TPSA) is 93.1 Å². The summed E-state index contributed by atoms with van der Waals surface area (Å²) < 4.78 is 18.5. The third-order valence-electron chi connectivity index (χ3n) is 5.18.